The van der Waals surface area contributed by atoms with E-state index in [1.807, 2.05) is 0 Å². The molecule has 15 heavy (non-hydrogen) atoms. The summed E-state index contributed by atoms with van der Waals surface area (Å²) in [4.78, 5) is 0. The van der Waals surface area contributed by atoms with Crippen LogP contribution in [-0.2, 0) is 4.74 Å². The van der Waals surface area contributed by atoms with E-state index in [1.165, 1.54) is 24.0 Å². The maximum atomic E-state index is 5.78. The van der Waals surface area contributed by atoms with Crippen LogP contribution in [0.4, 0.5) is 0 Å². The fourth-order valence-corrected chi connectivity index (χ4v) is 2.16. The smallest absolute Gasteiger partial charge is 0.0827 e. The molecule has 0 saturated carbocycles. The predicted molar refractivity (Wildman–Crippen MR) is 63.7 cm³/mol. The SMILES string of the molecule is CCOC1CCCC=C1c1ccccc1. The molecule has 0 radical (unpaired) electrons. The topological polar surface area (TPSA) is 9.23 Å². The summed E-state index contributed by atoms with van der Waals surface area (Å²) in [6.07, 6.45) is 6.24. The van der Waals surface area contributed by atoms with Crippen molar-refractivity contribution >= 4 is 5.57 Å². The van der Waals surface area contributed by atoms with Crippen molar-refractivity contribution in [1.29, 1.82) is 0 Å². The first kappa shape index (κ1) is 10.4. The fourth-order valence-electron chi connectivity index (χ4n) is 2.16. The molecule has 0 heterocycles. The lowest BCUT2D eigenvalue weighted by Gasteiger charge is -2.24. The molecule has 0 fully saturated rings. The van der Waals surface area contributed by atoms with Gasteiger partial charge in [0, 0.05) is 6.61 Å². The number of rotatable bonds is 3. The van der Waals surface area contributed by atoms with E-state index in [4.69, 9.17) is 4.74 Å². The molecule has 1 atom stereocenters. The molecular weight excluding hydrogens is 184 g/mol. The molecule has 0 aromatic heterocycles. The van der Waals surface area contributed by atoms with Crippen molar-refractivity contribution in [3.05, 3.63) is 42.0 Å². The van der Waals surface area contributed by atoms with Gasteiger partial charge in [0.1, 0.15) is 0 Å². The van der Waals surface area contributed by atoms with Gasteiger partial charge in [-0.3, -0.25) is 0 Å². The summed E-state index contributed by atoms with van der Waals surface area (Å²) in [6, 6.07) is 10.6. The molecule has 1 unspecified atom stereocenters. The van der Waals surface area contributed by atoms with E-state index in [1.54, 1.807) is 0 Å². The predicted octanol–water partition coefficient (Wildman–Crippen LogP) is 3.66. The van der Waals surface area contributed by atoms with Gasteiger partial charge < -0.3 is 4.74 Å². The van der Waals surface area contributed by atoms with E-state index in [0.717, 1.165) is 13.0 Å². The maximum Gasteiger partial charge on any atom is 0.0827 e. The van der Waals surface area contributed by atoms with E-state index in [2.05, 4.69) is 43.3 Å². The van der Waals surface area contributed by atoms with Crippen molar-refractivity contribution in [1.82, 2.24) is 0 Å². The summed E-state index contributed by atoms with van der Waals surface area (Å²) in [5.41, 5.74) is 2.69. The summed E-state index contributed by atoms with van der Waals surface area (Å²) in [5, 5.41) is 0. The molecule has 0 bridgehead atoms. The van der Waals surface area contributed by atoms with Gasteiger partial charge in [-0.1, -0.05) is 36.4 Å². The number of allylic oxidation sites excluding steroid dienone is 1. The van der Waals surface area contributed by atoms with Crippen LogP contribution in [0.25, 0.3) is 5.57 Å². The van der Waals surface area contributed by atoms with Crippen LogP contribution < -0.4 is 0 Å². The fraction of sp³-hybridized carbons (Fsp3) is 0.429. The van der Waals surface area contributed by atoms with Gasteiger partial charge in [-0.25, -0.2) is 0 Å². The number of benzene rings is 1. The van der Waals surface area contributed by atoms with Crippen molar-refractivity contribution < 1.29 is 4.74 Å². The Labute approximate surface area is 91.8 Å². The highest BCUT2D eigenvalue weighted by molar-refractivity contribution is 5.69. The third-order valence-electron chi connectivity index (χ3n) is 2.86. The average molecular weight is 202 g/mol. The molecule has 0 amide bonds. The molecule has 1 aromatic rings. The normalized spacial score (nSPS) is 21.1. The van der Waals surface area contributed by atoms with E-state index >= 15 is 0 Å². The lowest BCUT2D eigenvalue weighted by molar-refractivity contribution is 0.0931. The zero-order chi connectivity index (χ0) is 10.5. The molecule has 80 valence electrons. The third-order valence-corrected chi connectivity index (χ3v) is 2.86. The highest BCUT2D eigenvalue weighted by Gasteiger charge is 2.18. The van der Waals surface area contributed by atoms with Crippen LogP contribution in [0.5, 0.6) is 0 Å². The lowest BCUT2D eigenvalue weighted by Crippen LogP contribution is -2.17. The van der Waals surface area contributed by atoms with Gasteiger partial charge in [0.2, 0.25) is 0 Å². The Morgan fingerprint density at radius 3 is 2.80 bits per heavy atom. The van der Waals surface area contributed by atoms with E-state index in [9.17, 15) is 0 Å². The molecule has 1 aromatic carbocycles. The van der Waals surface area contributed by atoms with Gasteiger partial charge in [0.15, 0.2) is 0 Å². The van der Waals surface area contributed by atoms with Crippen molar-refractivity contribution in [3.63, 3.8) is 0 Å². The van der Waals surface area contributed by atoms with Crippen LogP contribution in [0.2, 0.25) is 0 Å². The number of hydrogen-bond donors (Lipinski definition) is 0. The monoisotopic (exact) mass is 202 g/mol. The number of ether oxygens (including phenoxy) is 1. The molecule has 0 saturated heterocycles. The standard InChI is InChI=1S/C14H18O/c1-2-15-14-11-7-6-10-13(14)12-8-4-3-5-9-12/h3-5,8-10,14H,2,6-7,11H2,1H3. The van der Waals surface area contributed by atoms with Crippen molar-refractivity contribution in [2.75, 3.05) is 6.61 Å². The Kier molecular flexibility index (Phi) is 3.57. The summed E-state index contributed by atoms with van der Waals surface area (Å²) in [5.74, 6) is 0. The first-order chi connectivity index (χ1) is 7.42. The lowest BCUT2D eigenvalue weighted by atomic mass is 9.91. The van der Waals surface area contributed by atoms with Crippen LogP contribution >= 0.6 is 0 Å². The summed E-state index contributed by atoms with van der Waals surface area (Å²) < 4.78 is 5.78. The second-order valence-corrected chi connectivity index (χ2v) is 3.90. The average Bonchev–Trinajstić information content (AvgIpc) is 2.31. The van der Waals surface area contributed by atoms with Crippen LogP contribution in [0, 0.1) is 0 Å². The second kappa shape index (κ2) is 5.13. The zero-order valence-corrected chi connectivity index (χ0v) is 9.28. The third kappa shape index (κ3) is 2.48. The largest absolute Gasteiger partial charge is 0.374 e. The molecule has 1 nitrogen and oxygen atoms in total. The molecule has 1 aliphatic carbocycles. The molecule has 1 heteroatoms. The van der Waals surface area contributed by atoms with Gasteiger partial charge in [0.25, 0.3) is 0 Å². The Hall–Kier alpha value is -1.08. The Bertz CT molecular complexity index is 326. The summed E-state index contributed by atoms with van der Waals surface area (Å²) in [7, 11) is 0. The quantitative estimate of drug-likeness (QED) is 0.726. The Morgan fingerprint density at radius 2 is 2.07 bits per heavy atom. The molecule has 2 rings (SSSR count). The maximum absolute atomic E-state index is 5.78. The van der Waals surface area contributed by atoms with Crippen LogP contribution in [0.1, 0.15) is 31.7 Å². The van der Waals surface area contributed by atoms with Gasteiger partial charge in [0.05, 0.1) is 6.10 Å². The van der Waals surface area contributed by atoms with Gasteiger partial charge in [-0.05, 0) is 37.3 Å². The van der Waals surface area contributed by atoms with E-state index in [-0.39, 0.29) is 0 Å². The molecule has 0 N–H and O–H groups in total. The minimum atomic E-state index is 0.311. The summed E-state index contributed by atoms with van der Waals surface area (Å²) >= 11 is 0. The highest BCUT2D eigenvalue weighted by Crippen LogP contribution is 2.29. The van der Waals surface area contributed by atoms with Crippen LogP contribution in [0.15, 0.2) is 36.4 Å². The number of hydrogen-bond acceptors (Lipinski definition) is 1. The Morgan fingerprint density at radius 1 is 1.27 bits per heavy atom. The summed E-state index contributed by atoms with van der Waals surface area (Å²) in [6.45, 7) is 2.87. The molecule has 1 aliphatic rings. The Balaban J connectivity index is 2.21. The van der Waals surface area contributed by atoms with Crippen molar-refractivity contribution in [2.45, 2.75) is 32.3 Å². The van der Waals surface area contributed by atoms with Crippen LogP contribution in [0.3, 0.4) is 0 Å². The minimum Gasteiger partial charge on any atom is -0.374 e. The van der Waals surface area contributed by atoms with Gasteiger partial charge in [-0.15, -0.1) is 0 Å². The highest BCUT2D eigenvalue weighted by atomic mass is 16.5. The van der Waals surface area contributed by atoms with E-state index in [0.29, 0.717) is 6.10 Å². The first-order valence-corrected chi connectivity index (χ1v) is 5.79. The van der Waals surface area contributed by atoms with Crippen molar-refractivity contribution in [3.8, 4) is 0 Å². The molecular formula is C14H18O. The van der Waals surface area contributed by atoms with Crippen molar-refractivity contribution in [2.24, 2.45) is 0 Å². The van der Waals surface area contributed by atoms with Gasteiger partial charge in [-0.2, -0.15) is 0 Å². The second-order valence-electron chi connectivity index (χ2n) is 3.90. The molecule has 0 spiro atoms. The van der Waals surface area contributed by atoms with Gasteiger partial charge >= 0.3 is 0 Å². The van der Waals surface area contributed by atoms with Crippen LogP contribution in [-0.4, -0.2) is 12.7 Å². The van der Waals surface area contributed by atoms with E-state index < -0.39 is 0 Å². The first-order valence-electron chi connectivity index (χ1n) is 5.79. The molecule has 0 aliphatic heterocycles. The minimum absolute atomic E-state index is 0.311. The zero-order valence-electron chi connectivity index (χ0n) is 9.28.